The van der Waals surface area contributed by atoms with Gasteiger partial charge in [0.2, 0.25) is 0 Å². The molecule has 0 bridgehead atoms. The number of carboxylic acid groups (broad SMARTS) is 1. The molecular weight excluding hydrogens is 482 g/mol. The van der Waals surface area contributed by atoms with Crippen molar-refractivity contribution in [3.8, 4) is 11.1 Å². The Morgan fingerprint density at radius 1 is 0.974 bits per heavy atom. The highest BCUT2D eigenvalue weighted by Crippen LogP contribution is 2.39. The zero-order valence-electron chi connectivity index (χ0n) is 22.2. The SMILES string of the molecule is CC(=O)OC1CC(OCc2ccc(-c3ccccc3)cc2)C(CCC=CCCC(=O)O)C1N1CCOCC1. The van der Waals surface area contributed by atoms with Gasteiger partial charge in [-0.2, -0.15) is 0 Å². The first-order valence-corrected chi connectivity index (χ1v) is 13.6. The lowest BCUT2D eigenvalue weighted by atomic mass is 9.93. The summed E-state index contributed by atoms with van der Waals surface area (Å²) in [5.41, 5.74) is 3.46. The van der Waals surface area contributed by atoms with Crippen molar-refractivity contribution in [3.63, 3.8) is 0 Å². The molecule has 0 aromatic heterocycles. The molecule has 2 aromatic rings. The number of allylic oxidation sites excluding steroid dienone is 2. The third-order valence-corrected chi connectivity index (χ3v) is 7.43. The number of aliphatic carboxylic acids is 1. The third-order valence-electron chi connectivity index (χ3n) is 7.43. The number of hydrogen-bond donors (Lipinski definition) is 1. The number of morpholine rings is 1. The van der Waals surface area contributed by atoms with Gasteiger partial charge in [0.05, 0.1) is 32.0 Å². The highest BCUT2D eigenvalue weighted by Gasteiger charge is 2.48. The van der Waals surface area contributed by atoms with Crippen molar-refractivity contribution in [2.24, 2.45) is 5.92 Å². The molecule has 0 amide bonds. The molecule has 7 nitrogen and oxygen atoms in total. The van der Waals surface area contributed by atoms with E-state index in [1.807, 2.05) is 24.3 Å². The van der Waals surface area contributed by atoms with Crippen molar-refractivity contribution in [3.05, 3.63) is 72.3 Å². The Hall–Kier alpha value is -3.00. The number of hydrogen-bond acceptors (Lipinski definition) is 6. The number of carboxylic acids is 1. The summed E-state index contributed by atoms with van der Waals surface area (Å²) in [6.45, 7) is 4.92. The number of benzene rings is 2. The molecule has 38 heavy (non-hydrogen) atoms. The first-order chi connectivity index (χ1) is 18.5. The first kappa shape index (κ1) is 28.0. The Morgan fingerprint density at radius 2 is 1.66 bits per heavy atom. The maximum absolute atomic E-state index is 12.0. The largest absolute Gasteiger partial charge is 0.481 e. The molecule has 1 aliphatic heterocycles. The van der Waals surface area contributed by atoms with E-state index in [0.29, 0.717) is 32.7 Å². The van der Waals surface area contributed by atoms with E-state index in [0.717, 1.165) is 31.5 Å². The van der Waals surface area contributed by atoms with Crippen LogP contribution in [0.4, 0.5) is 0 Å². The Bertz CT molecular complexity index is 1050. The van der Waals surface area contributed by atoms with E-state index in [1.54, 1.807) is 0 Å². The average molecular weight is 522 g/mol. The zero-order valence-corrected chi connectivity index (χ0v) is 22.2. The van der Waals surface area contributed by atoms with E-state index in [-0.39, 0.29) is 36.6 Å². The van der Waals surface area contributed by atoms with E-state index in [1.165, 1.54) is 18.1 Å². The molecule has 1 saturated carbocycles. The highest BCUT2D eigenvalue weighted by molar-refractivity contribution is 5.67. The van der Waals surface area contributed by atoms with Gasteiger partial charge in [-0.15, -0.1) is 0 Å². The minimum atomic E-state index is -0.785. The molecule has 1 saturated heterocycles. The molecule has 2 aromatic carbocycles. The molecule has 0 radical (unpaired) electrons. The van der Waals surface area contributed by atoms with Crippen molar-refractivity contribution < 1.29 is 28.9 Å². The van der Waals surface area contributed by atoms with Crippen LogP contribution in [0.2, 0.25) is 0 Å². The molecular formula is C31H39NO6. The number of ether oxygens (including phenoxy) is 3. The van der Waals surface area contributed by atoms with Crippen molar-refractivity contribution in [2.45, 2.75) is 63.9 Å². The summed E-state index contributed by atoms with van der Waals surface area (Å²) in [7, 11) is 0. The lowest BCUT2D eigenvalue weighted by Gasteiger charge is -2.38. The van der Waals surface area contributed by atoms with Gasteiger partial charge in [0.25, 0.3) is 0 Å². The van der Waals surface area contributed by atoms with E-state index in [2.05, 4.69) is 47.4 Å². The van der Waals surface area contributed by atoms with Crippen LogP contribution in [0, 0.1) is 5.92 Å². The van der Waals surface area contributed by atoms with Crippen LogP contribution in [0.15, 0.2) is 66.7 Å². The number of nitrogens with zero attached hydrogens (tertiary/aromatic N) is 1. The van der Waals surface area contributed by atoms with Gasteiger partial charge in [-0.25, -0.2) is 0 Å². The number of carbonyl (C=O) groups is 2. The topological polar surface area (TPSA) is 85.3 Å². The zero-order chi connectivity index (χ0) is 26.7. The summed E-state index contributed by atoms with van der Waals surface area (Å²) in [6.07, 6.45) is 6.77. The molecule has 4 rings (SSSR count). The molecule has 1 N–H and O–H groups in total. The van der Waals surface area contributed by atoms with Crippen molar-refractivity contribution >= 4 is 11.9 Å². The lowest BCUT2D eigenvalue weighted by molar-refractivity contribution is -0.150. The van der Waals surface area contributed by atoms with Crippen LogP contribution in [0.3, 0.4) is 0 Å². The van der Waals surface area contributed by atoms with Crippen molar-refractivity contribution in [2.75, 3.05) is 26.3 Å². The standard InChI is InChI=1S/C31H39NO6/c1-23(33)38-29-21-28(37-22-24-13-15-26(16-14-24)25-9-5-4-6-10-25)27(11-7-2-3-8-12-30(34)35)31(29)32-17-19-36-20-18-32/h2-6,9-10,13-16,27-29,31H,7-8,11-12,17-22H2,1H3,(H,34,35). The molecule has 7 heteroatoms. The van der Waals surface area contributed by atoms with Crippen LogP contribution in [0.1, 0.15) is 44.6 Å². The maximum Gasteiger partial charge on any atom is 0.303 e. The third kappa shape index (κ3) is 8.00. The van der Waals surface area contributed by atoms with Crippen molar-refractivity contribution in [1.29, 1.82) is 0 Å². The molecule has 2 fully saturated rings. The fourth-order valence-electron chi connectivity index (χ4n) is 5.66. The first-order valence-electron chi connectivity index (χ1n) is 13.6. The van der Waals surface area contributed by atoms with Gasteiger partial charge in [0.15, 0.2) is 0 Å². The van der Waals surface area contributed by atoms with E-state index in [4.69, 9.17) is 19.3 Å². The fraction of sp³-hybridized carbons (Fsp3) is 0.484. The van der Waals surface area contributed by atoms with Gasteiger partial charge in [-0.1, -0.05) is 66.7 Å². The smallest absolute Gasteiger partial charge is 0.303 e. The van der Waals surface area contributed by atoms with Crippen LogP contribution in [-0.4, -0.2) is 66.5 Å². The minimum Gasteiger partial charge on any atom is -0.481 e. The van der Waals surface area contributed by atoms with Gasteiger partial charge in [-0.3, -0.25) is 14.5 Å². The van der Waals surface area contributed by atoms with E-state index in [9.17, 15) is 9.59 Å². The normalized spacial score (nSPS) is 24.0. The lowest BCUT2D eigenvalue weighted by Crippen LogP contribution is -2.51. The predicted octanol–water partition coefficient (Wildman–Crippen LogP) is 5.09. The fourth-order valence-corrected chi connectivity index (χ4v) is 5.66. The summed E-state index contributed by atoms with van der Waals surface area (Å²) in [5, 5.41) is 8.88. The quantitative estimate of drug-likeness (QED) is 0.308. The summed E-state index contributed by atoms with van der Waals surface area (Å²) in [6, 6.07) is 18.8. The Labute approximate surface area is 225 Å². The molecule has 4 atom stereocenters. The van der Waals surface area contributed by atoms with Gasteiger partial charge < -0.3 is 19.3 Å². The molecule has 2 aliphatic rings. The molecule has 204 valence electrons. The molecule has 0 spiro atoms. The van der Waals surface area contributed by atoms with Crippen LogP contribution < -0.4 is 0 Å². The summed E-state index contributed by atoms with van der Waals surface area (Å²) in [5.74, 6) is -0.866. The summed E-state index contributed by atoms with van der Waals surface area (Å²) >= 11 is 0. The van der Waals surface area contributed by atoms with Gasteiger partial charge in [0.1, 0.15) is 6.10 Å². The Morgan fingerprint density at radius 3 is 2.34 bits per heavy atom. The second-order valence-corrected chi connectivity index (χ2v) is 10.1. The van der Waals surface area contributed by atoms with Gasteiger partial charge in [0, 0.05) is 38.8 Å². The Balaban J connectivity index is 1.45. The number of rotatable bonds is 12. The van der Waals surface area contributed by atoms with Gasteiger partial charge >= 0.3 is 11.9 Å². The molecule has 1 heterocycles. The van der Waals surface area contributed by atoms with Crippen LogP contribution in [0.25, 0.3) is 11.1 Å². The van der Waals surface area contributed by atoms with Gasteiger partial charge in [-0.05, 0) is 36.0 Å². The molecule has 1 aliphatic carbocycles. The average Bonchev–Trinajstić information content (AvgIpc) is 3.26. The van der Waals surface area contributed by atoms with Crippen LogP contribution in [0.5, 0.6) is 0 Å². The van der Waals surface area contributed by atoms with E-state index < -0.39 is 5.97 Å². The van der Waals surface area contributed by atoms with Crippen LogP contribution in [-0.2, 0) is 30.4 Å². The number of carbonyl (C=O) groups excluding carboxylic acids is 1. The van der Waals surface area contributed by atoms with Crippen LogP contribution >= 0.6 is 0 Å². The highest BCUT2D eigenvalue weighted by atomic mass is 16.5. The Kier molecular flexibility index (Phi) is 10.5. The maximum atomic E-state index is 12.0. The second-order valence-electron chi connectivity index (χ2n) is 10.1. The van der Waals surface area contributed by atoms with E-state index >= 15 is 0 Å². The summed E-state index contributed by atoms with van der Waals surface area (Å²) in [4.78, 5) is 25.2. The second kappa shape index (κ2) is 14.2. The predicted molar refractivity (Wildman–Crippen MR) is 146 cm³/mol. The van der Waals surface area contributed by atoms with Crippen molar-refractivity contribution in [1.82, 2.24) is 4.90 Å². The number of esters is 1. The monoisotopic (exact) mass is 521 g/mol. The summed E-state index contributed by atoms with van der Waals surface area (Å²) < 4.78 is 18.0. The molecule has 4 unspecified atom stereocenters. The minimum absolute atomic E-state index is 0.0478.